The second-order valence-corrected chi connectivity index (χ2v) is 4.00. The highest BCUT2D eigenvalue weighted by Gasteiger charge is 2.32. The number of carbonyl (C=O) groups excluding carboxylic acids is 1. The van der Waals surface area contributed by atoms with E-state index in [1.165, 1.54) is 7.11 Å². The number of halogens is 1. The van der Waals surface area contributed by atoms with E-state index in [-0.39, 0.29) is 6.42 Å². The fourth-order valence-corrected chi connectivity index (χ4v) is 1.87. The first kappa shape index (κ1) is 11.2. The van der Waals surface area contributed by atoms with Gasteiger partial charge in [-0.25, -0.2) is 4.79 Å². The van der Waals surface area contributed by atoms with Gasteiger partial charge < -0.3 is 14.6 Å². The summed E-state index contributed by atoms with van der Waals surface area (Å²) >= 11 is 5.81. The number of ether oxygens (including phenoxy) is 2. The van der Waals surface area contributed by atoms with Gasteiger partial charge in [0.15, 0.2) is 6.10 Å². The van der Waals surface area contributed by atoms with Crippen molar-refractivity contribution in [2.24, 2.45) is 0 Å². The highest BCUT2D eigenvalue weighted by Crippen LogP contribution is 2.36. The first-order valence-corrected chi connectivity index (χ1v) is 5.21. The Morgan fingerprint density at radius 1 is 1.62 bits per heavy atom. The van der Waals surface area contributed by atoms with Gasteiger partial charge in [0, 0.05) is 17.0 Å². The Hall–Kier alpha value is -1.26. The number of hydrogen-bond acceptors (Lipinski definition) is 4. The molecule has 2 atom stereocenters. The van der Waals surface area contributed by atoms with Crippen LogP contribution in [0, 0.1) is 0 Å². The molecule has 1 heterocycles. The van der Waals surface area contributed by atoms with Crippen molar-refractivity contribution in [3.05, 3.63) is 28.8 Å². The molecule has 1 N–H and O–H groups in total. The van der Waals surface area contributed by atoms with E-state index in [0.29, 0.717) is 16.3 Å². The SMILES string of the molecule is COC(=O)C1CC(O)c2cc(Cl)ccc2O1. The van der Waals surface area contributed by atoms with Gasteiger partial charge >= 0.3 is 5.97 Å². The zero-order valence-corrected chi connectivity index (χ0v) is 9.40. The van der Waals surface area contributed by atoms with Crippen LogP contribution in [0.25, 0.3) is 0 Å². The number of aliphatic hydroxyl groups excluding tert-OH is 1. The van der Waals surface area contributed by atoms with Gasteiger partial charge in [-0.05, 0) is 18.2 Å². The monoisotopic (exact) mass is 242 g/mol. The highest BCUT2D eigenvalue weighted by atomic mass is 35.5. The molecule has 16 heavy (non-hydrogen) atoms. The molecule has 1 aliphatic rings. The fraction of sp³-hybridized carbons (Fsp3) is 0.364. The van der Waals surface area contributed by atoms with Crippen molar-refractivity contribution in [3.63, 3.8) is 0 Å². The molecule has 0 bridgehead atoms. The average molecular weight is 243 g/mol. The van der Waals surface area contributed by atoms with Crippen LogP contribution in [0.3, 0.4) is 0 Å². The van der Waals surface area contributed by atoms with E-state index in [9.17, 15) is 9.90 Å². The van der Waals surface area contributed by atoms with Crippen LogP contribution < -0.4 is 4.74 Å². The van der Waals surface area contributed by atoms with E-state index >= 15 is 0 Å². The predicted molar refractivity (Wildman–Crippen MR) is 57.5 cm³/mol. The summed E-state index contributed by atoms with van der Waals surface area (Å²) in [4.78, 5) is 11.3. The maximum absolute atomic E-state index is 11.3. The summed E-state index contributed by atoms with van der Waals surface area (Å²) in [5, 5.41) is 10.4. The first-order chi connectivity index (χ1) is 7.61. The van der Waals surface area contributed by atoms with Gasteiger partial charge in [-0.15, -0.1) is 0 Å². The minimum absolute atomic E-state index is 0.181. The highest BCUT2D eigenvalue weighted by molar-refractivity contribution is 6.30. The molecule has 0 aromatic heterocycles. The topological polar surface area (TPSA) is 55.8 Å². The van der Waals surface area contributed by atoms with Crippen molar-refractivity contribution in [1.29, 1.82) is 0 Å². The van der Waals surface area contributed by atoms with Crippen LogP contribution in [-0.4, -0.2) is 24.3 Å². The summed E-state index contributed by atoms with van der Waals surface area (Å²) in [6.45, 7) is 0. The Morgan fingerprint density at radius 3 is 3.06 bits per heavy atom. The normalized spacial score (nSPS) is 23.2. The lowest BCUT2D eigenvalue weighted by molar-refractivity contribution is -0.151. The van der Waals surface area contributed by atoms with Crippen molar-refractivity contribution in [3.8, 4) is 5.75 Å². The maximum atomic E-state index is 11.3. The van der Waals surface area contributed by atoms with Gasteiger partial charge in [0.2, 0.25) is 0 Å². The second-order valence-electron chi connectivity index (χ2n) is 3.56. The van der Waals surface area contributed by atoms with Crippen LogP contribution in [0.5, 0.6) is 5.75 Å². The van der Waals surface area contributed by atoms with Crippen molar-refractivity contribution in [2.75, 3.05) is 7.11 Å². The molecule has 86 valence electrons. The third kappa shape index (κ3) is 1.99. The van der Waals surface area contributed by atoms with Crippen LogP contribution in [0.4, 0.5) is 0 Å². The van der Waals surface area contributed by atoms with E-state index in [1.807, 2.05) is 0 Å². The third-order valence-electron chi connectivity index (χ3n) is 2.50. The van der Waals surface area contributed by atoms with E-state index in [1.54, 1.807) is 18.2 Å². The summed E-state index contributed by atoms with van der Waals surface area (Å²) < 4.78 is 9.99. The Balaban J connectivity index is 2.30. The number of fused-ring (bicyclic) bond motifs is 1. The van der Waals surface area contributed by atoms with Gasteiger partial charge in [0.25, 0.3) is 0 Å². The molecule has 0 fully saturated rings. The number of hydrogen-bond donors (Lipinski definition) is 1. The first-order valence-electron chi connectivity index (χ1n) is 4.84. The standard InChI is InChI=1S/C11H11ClO4/c1-15-11(14)10-5-8(13)7-4-6(12)2-3-9(7)16-10/h2-4,8,10,13H,5H2,1H3. The Labute approximate surface area is 97.7 Å². The number of methoxy groups -OCH3 is 1. The minimum atomic E-state index is -0.758. The van der Waals surface area contributed by atoms with Crippen molar-refractivity contribution < 1.29 is 19.4 Å². The summed E-state index contributed by atoms with van der Waals surface area (Å²) in [5.74, 6) is -0.0156. The summed E-state index contributed by atoms with van der Waals surface area (Å²) in [6.07, 6.45) is -1.33. The Bertz CT molecular complexity index is 418. The molecule has 1 aromatic rings. The van der Waals surface area contributed by atoms with E-state index in [0.717, 1.165) is 0 Å². The zero-order valence-electron chi connectivity index (χ0n) is 8.64. The van der Waals surface area contributed by atoms with Crippen LogP contribution in [0.1, 0.15) is 18.1 Å². The molecule has 2 rings (SSSR count). The number of esters is 1. The van der Waals surface area contributed by atoms with Crippen molar-refractivity contribution >= 4 is 17.6 Å². The van der Waals surface area contributed by atoms with Gasteiger partial charge in [-0.2, -0.15) is 0 Å². The molecule has 0 saturated carbocycles. The molecule has 1 aromatic carbocycles. The number of carbonyl (C=O) groups is 1. The molecule has 0 spiro atoms. The third-order valence-corrected chi connectivity index (χ3v) is 2.74. The van der Waals surface area contributed by atoms with E-state index < -0.39 is 18.2 Å². The lowest BCUT2D eigenvalue weighted by Crippen LogP contribution is -2.34. The van der Waals surface area contributed by atoms with Crippen molar-refractivity contribution in [1.82, 2.24) is 0 Å². The molecule has 0 saturated heterocycles. The lowest BCUT2D eigenvalue weighted by Gasteiger charge is -2.27. The lowest BCUT2D eigenvalue weighted by atomic mass is 9.99. The van der Waals surface area contributed by atoms with Crippen LogP contribution in [0.2, 0.25) is 5.02 Å². The molecule has 0 aliphatic carbocycles. The number of aliphatic hydroxyl groups is 1. The number of rotatable bonds is 1. The molecule has 2 unspecified atom stereocenters. The largest absolute Gasteiger partial charge is 0.478 e. The van der Waals surface area contributed by atoms with Crippen LogP contribution >= 0.6 is 11.6 Å². The second kappa shape index (κ2) is 4.31. The van der Waals surface area contributed by atoms with Crippen molar-refractivity contribution in [2.45, 2.75) is 18.6 Å². The summed E-state index contributed by atoms with van der Waals surface area (Å²) in [7, 11) is 1.29. The molecule has 4 nitrogen and oxygen atoms in total. The molecule has 0 amide bonds. The van der Waals surface area contributed by atoms with Crippen LogP contribution in [-0.2, 0) is 9.53 Å². The molecule has 5 heteroatoms. The summed E-state index contributed by atoms with van der Waals surface area (Å²) in [5.41, 5.74) is 0.604. The Kier molecular flexibility index (Phi) is 3.03. The molecular formula is C11H11ClO4. The van der Waals surface area contributed by atoms with Crippen LogP contribution in [0.15, 0.2) is 18.2 Å². The smallest absolute Gasteiger partial charge is 0.347 e. The summed E-state index contributed by atoms with van der Waals surface area (Å²) in [6, 6.07) is 4.91. The van der Waals surface area contributed by atoms with Gasteiger partial charge in [-0.1, -0.05) is 11.6 Å². The number of benzene rings is 1. The van der Waals surface area contributed by atoms with Gasteiger partial charge in [0.05, 0.1) is 13.2 Å². The quantitative estimate of drug-likeness (QED) is 0.762. The molecular weight excluding hydrogens is 232 g/mol. The minimum Gasteiger partial charge on any atom is -0.478 e. The molecule has 0 radical (unpaired) electrons. The fourth-order valence-electron chi connectivity index (χ4n) is 1.69. The maximum Gasteiger partial charge on any atom is 0.347 e. The zero-order chi connectivity index (χ0) is 11.7. The van der Waals surface area contributed by atoms with E-state index in [2.05, 4.69) is 4.74 Å². The van der Waals surface area contributed by atoms with Gasteiger partial charge in [0.1, 0.15) is 5.75 Å². The molecule has 1 aliphatic heterocycles. The average Bonchev–Trinajstić information content (AvgIpc) is 2.28. The predicted octanol–water partition coefficient (Wildman–Crippen LogP) is 1.70. The van der Waals surface area contributed by atoms with Gasteiger partial charge in [-0.3, -0.25) is 0 Å². The Morgan fingerprint density at radius 2 is 2.38 bits per heavy atom. The van der Waals surface area contributed by atoms with E-state index in [4.69, 9.17) is 16.3 Å².